The van der Waals surface area contributed by atoms with Crippen molar-refractivity contribution in [3.05, 3.63) is 34.9 Å². The molecule has 2 unspecified atom stereocenters. The molecule has 1 fully saturated rings. The second kappa shape index (κ2) is 4.12. The summed E-state index contributed by atoms with van der Waals surface area (Å²) in [6.45, 7) is 3.49. The van der Waals surface area contributed by atoms with Gasteiger partial charge in [-0.15, -0.1) is 0 Å². The van der Waals surface area contributed by atoms with E-state index in [-0.39, 0.29) is 5.60 Å². The molecule has 1 aliphatic heterocycles. The Bertz CT molecular complexity index is 355. The zero-order valence-corrected chi connectivity index (χ0v) is 9.63. The number of ether oxygens (including phenoxy) is 1. The van der Waals surface area contributed by atoms with E-state index in [4.69, 9.17) is 22.1 Å². The maximum atomic E-state index is 6.20. The van der Waals surface area contributed by atoms with Gasteiger partial charge in [0.1, 0.15) is 0 Å². The molecule has 0 amide bonds. The van der Waals surface area contributed by atoms with Crippen LogP contribution < -0.4 is 5.73 Å². The Labute approximate surface area is 95.4 Å². The topological polar surface area (TPSA) is 35.2 Å². The lowest BCUT2D eigenvalue weighted by molar-refractivity contribution is -0.00782. The van der Waals surface area contributed by atoms with Crippen LogP contribution in [0.15, 0.2) is 24.3 Å². The minimum atomic E-state index is -0.312. The molecule has 1 aromatic carbocycles. The molecule has 2 nitrogen and oxygen atoms in total. The summed E-state index contributed by atoms with van der Waals surface area (Å²) in [5.41, 5.74) is 6.52. The third kappa shape index (κ3) is 1.78. The van der Waals surface area contributed by atoms with Gasteiger partial charge in [-0.25, -0.2) is 0 Å². The Morgan fingerprint density at radius 1 is 1.53 bits per heavy atom. The third-order valence-electron chi connectivity index (χ3n) is 3.34. The summed E-state index contributed by atoms with van der Waals surface area (Å²) in [6.07, 6.45) is 1.01. The van der Waals surface area contributed by atoms with Crippen molar-refractivity contribution in [1.29, 1.82) is 0 Å². The normalized spacial score (nSPS) is 30.7. The number of hydrogen-bond acceptors (Lipinski definition) is 2. The van der Waals surface area contributed by atoms with E-state index >= 15 is 0 Å². The Kier molecular flexibility index (Phi) is 3.01. The molecule has 0 radical (unpaired) electrons. The van der Waals surface area contributed by atoms with Crippen molar-refractivity contribution >= 4 is 11.6 Å². The van der Waals surface area contributed by atoms with E-state index in [1.807, 2.05) is 24.3 Å². The van der Waals surface area contributed by atoms with Crippen molar-refractivity contribution in [1.82, 2.24) is 0 Å². The maximum Gasteiger partial charge on any atom is 0.0958 e. The van der Waals surface area contributed by atoms with Crippen LogP contribution in [0.5, 0.6) is 0 Å². The highest BCUT2D eigenvalue weighted by atomic mass is 35.5. The van der Waals surface area contributed by atoms with Gasteiger partial charge in [-0.05, 0) is 26.0 Å². The molecule has 15 heavy (non-hydrogen) atoms. The van der Waals surface area contributed by atoms with E-state index in [1.165, 1.54) is 0 Å². The Morgan fingerprint density at radius 3 is 2.93 bits per heavy atom. The summed E-state index contributed by atoms with van der Waals surface area (Å²) in [7, 11) is 0. The molecular weight excluding hydrogens is 210 g/mol. The number of halogens is 1. The minimum absolute atomic E-state index is 0.312. The molecule has 0 spiro atoms. The van der Waals surface area contributed by atoms with Gasteiger partial charge in [0.25, 0.3) is 0 Å². The summed E-state index contributed by atoms with van der Waals surface area (Å²) in [4.78, 5) is 0. The first-order chi connectivity index (χ1) is 7.18. The molecule has 1 aliphatic rings. The van der Waals surface area contributed by atoms with Crippen LogP contribution in [0.25, 0.3) is 0 Å². The summed E-state index contributed by atoms with van der Waals surface area (Å²) in [6, 6.07) is 7.84. The summed E-state index contributed by atoms with van der Waals surface area (Å²) in [5.74, 6) is 0.359. The predicted octanol–water partition coefficient (Wildman–Crippen LogP) is 2.55. The van der Waals surface area contributed by atoms with E-state index in [9.17, 15) is 0 Å². The van der Waals surface area contributed by atoms with Crippen molar-refractivity contribution < 1.29 is 4.74 Å². The molecule has 0 bridgehead atoms. The molecule has 0 aliphatic carbocycles. The molecular formula is C12H16ClNO. The van der Waals surface area contributed by atoms with Gasteiger partial charge < -0.3 is 10.5 Å². The summed E-state index contributed by atoms with van der Waals surface area (Å²) < 4.78 is 5.85. The van der Waals surface area contributed by atoms with Crippen LogP contribution >= 0.6 is 11.6 Å². The second-order valence-electron chi connectivity index (χ2n) is 4.16. The van der Waals surface area contributed by atoms with Gasteiger partial charge in [0.05, 0.1) is 5.60 Å². The largest absolute Gasteiger partial charge is 0.370 e. The van der Waals surface area contributed by atoms with E-state index < -0.39 is 0 Å². The van der Waals surface area contributed by atoms with Crippen LogP contribution in [0.2, 0.25) is 5.02 Å². The van der Waals surface area contributed by atoms with E-state index in [2.05, 4.69) is 6.92 Å². The number of rotatable bonds is 2. The minimum Gasteiger partial charge on any atom is -0.370 e. The third-order valence-corrected chi connectivity index (χ3v) is 3.67. The molecule has 82 valence electrons. The zero-order valence-electron chi connectivity index (χ0n) is 8.87. The Balaban J connectivity index is 2.40. The van der Waals surface area contributed by atoms with Crippen molar-refractivity contribution in [3.8, 4) is 0 Å². The second-order valence-corrected chi connectivity index (χ2v) is 4.56. The molecule has 1 saturated heterocycles. The van der Waals surface area contributed by atoms with Crippen molar-refractivity contribution in [3.63, 3.8) is 0 Å². The van der Waals surface area contributed by atoms with Crippen LogP contribution in [0, 0.1) is 5.92 Å². The molecule has 1 heterocycles. The molecule has 2 atom stereocenters. The van der Waals surface area contributed by atoms with Crippen LogP contribution in [0.1, 0.15) is 18.9 Å². The highest BCUT2D eigenvalue weighted by Crippen LogP contribution is 2.42. The van der Waals surface area contributed by atoms with Crippen molar-refractivity contribution in [2.24, 2.45) is 11.7 Å². The number of hydrogen-bond donors (Lipinski definition) is 1. The maximum absolute atomic E-state index is 6.20. The van der Waals surface area contributed by atoms with Gasteiger partial charge in [-0.1, -0.05) is 29.8 Å². The quantitative estimate of drug-likeness (QED) is 0.840. The lowest BCUT2D eigenvalue weighted by atomic mass is 9.83. The van der Waals surface area contributed by atoms with Gasteiger partial charge in [0, 0.05) is 23.1 Å². The van der Waals surface area contributed by atoms with Crippen LogP contribution in [0.3, 0.4) is 0 Å². The zero-order chi connectivity index (χ0) is 10.9. The Morgan fingerprint density at radius 2 is 2.27 bits per heavy atom. The summed E-state index contributed by atoms with van der Waals surface area (Å²) in [5, 5.41) is 0.764. The lowest BCUT2D eigenvalue weighted by Crippen LogP contribution is -2.33. The Hall–Kier alpha value is -0.570. The van der Waals surface area contributed by atoms with Crippen LogP contribution in [0.4, 0.5) is 0 Å². The van der Waals surface area contributed by atoms with Gasteiger partial charge in [-0.3, -0.25) is 0 Å². The van der Waals surface area contributed by atoms with Gasteiger partial charge >= 0.3 is 0 Å². The van der Waals surface area contributed by atoms with Crippen molar-refractivity contribution in [2.45, 2.75) is 18.9 Å². The fraction of sp³-hybridized carbons (Fsp3) is 0.500. The van der Waals surface area contributed by atoms with Gasteiger partial charge in [0.2, 0.25) is 0 Å². The molecule has 0 aromatic heterocycles. The molecule has 2 rings (SSSR count). The standard InChI is InChI=1S/C12H16ClNO/c1-12(9(8-14)6-7-15-12)10-4-2-3-5-11(10)13/h2-5,9H,6-8,14H2,1H3. The number of benzene rings is 1. The average Bonchev–Trinajstić information content (AvgIpc) is 2.61. The summed E-state index contributed by atoms with van der Waals surface area (Å²) >= 11 is 6.20. The first kappa shape index (κ1) is 10.9. The van der Waals surface area contributed by atoms with E-state index in [0.717, 1.165) is 23.6 Å². The lowest BCUT2D eigenvalue weighted by Gasteiger charge is -2.31. The monoisotopic (exact) mass is 225 g/mol. The SMILES string of the molecule is CC1(c2ccccc2Cl)OCCC1CN. The molecule has 0 saturated carbocycles. The van der Waals surface area contributed by atoms with E-state index in [1.54, 1.807) is 0 Å². The molecule has 3 heteroatoms. The van der Waals surface area contributed by atoms with Gasteiger partial charge in [0.15, 0.2) is 0 Å². The predicted molar refractivity (Wildman–Crippen MR) is 61.9 cm³/mol. The molecule has 1 aromatic rings. The smallest absolute Gasteiger partial charge is 0.0958 e. The number of nitrogens with two attached hydrogens (primary N) is 1. The fourth-order valence-corrected chi connectivity index (χ4v) is 2.63. The fourth-order valence-electron chi connectivity index (χ4n) is 2.31. The van der Waals surface area contributed by atoms with E-state index in [0.29, 0.717) is 12.5 Å². The van der Waals surface area contributed by atoms with Crippen molar-refractivity contribution in [2.75, 3.05) is 13.2 Å². The highest BCUT2D eigenvalue weighted by Gasteiger charge is 2.41. The molecule has 2 N–H and O–H groups in total. The highest BCUT2D eigenvalue weighted by molar-refractivity contribution is 6.31. The van der Waals surface area contributed by atoms with Gasteiger partial charge in [-0.2, -0.15) is 0 Å². The van der Waals surface area contributed by atoms with Crippen LogP contribution in [-0.2, 0) is 10.3 Å². The average molecular weight is 226 g/mol. The first-order valence-corrected chi connectivity index (χ1v) is 5.65. The first-order valence-electron chi connectivity index (χ1n) is 5.27. The van der Waals surface area contributed by atoms with Crippen LogP contribution in [-0.4, -0.2) is 13.2 Å².